The Hall–Kier alpha value is -3.44. The number of hydrogen-bond donors (Lipinski definition) is 2. The van der Waals surface area contributed by atoms with Crippen molar-refractivity contribution in [2.75, 3.05) is 13.1 Å². The maximum Gasteiger partial charge on any atom is 0.233 e. The molecule has 4 unspecified atom stereocenters. The highest BCUT2D eigenvalue weighted by Crippen LogP contribution is 2.50. The summed E-state index contributed by atoms with van der Waals surface area (Å²) < 4.78 is 0. The van der Waals surface area contributed by atoms with Gasteiger partial charge in [-0.05, 0) is 156 Å². The van der Waals surface area contributed by atoms with E-state index in [1.54, 1.807) is 0 Å². The number of H-pyrrole nitrogens is 1. The highest BCUT2D eigenvalue weighted by Gasteiger charge is 2.53. The molecule has 0 spiro atoms. The number of nitrogens with zero attached hydrogens (tertiary/aromatic N) is 2. The van der Waals surface area contributed by atoms with E-state index < -0.39 is 5.41 Å². The molecule has 1 amide bonds. The van der Waals surface area contributed by atoms with Crippen molar-refractivity contribution < 1.29 is 4.79 Å². The second-order valence-electron chi connectivity index (χ2n) is 16.3. The van der Waals surface area contributed by atoms with Crippen LogP contribution in [0.5, 0.6) is 0 Å². The number of benzene rings is 2. The molecule has 260 valence electrons. The standard InChI is InChI=1S/C44H58N4O/c1-29-24-30(2)26-33(25-29)42-41(31(3)28-46-21-11-10-12-32-19-22-45-23-20-32)37-27-34(17-18-38(37)47-42)44(4,5)43(49)48-39-15-8-6-13-35(39)36-14-7-9-16-40(36)48/h17-20,22-27,31,35-36,39-40,46-47H,6-16,21,28H2,1-5H3/t31-,35?,36?,39?,40?/m1/s1. The maximum atomic E-state index is 14.9. The van der Waals surface area contributed by atoms with Crippen molar-refractivity contribution in [2.24, 2.45) is 11.8 Å². The van der Waals surface area contributed by atoms with Gasteiger partial charge < -0.3 is 15.2 Å². The van der Waals surface area contributed by atoms with Gasteiger partial charge in [0.25, 0.3) is 0 Å². The lowest BCUT2D eigenvalue weighted by atomic mass is 9.73. The molecule has 2 saturated carbocycles. The summed E-state index contributed by atoms with van der Waals surface area (Å²) in [4.78, 5) is 25.3. The van der Waals surface area contributed by atoms with Gasteiger partial charge in [0.2, 0.25) is 5.91 Å². The fourth-order valence-electron chi connectivity index (χ4n) is 9.97. The van der Waals surface area contributed by atoms with Gasteiger partial charge in [-0.1, -0.05) is 55.9 Å². The van der Waals surface area contributed by atoms with E-state index in [-0.39, 0.29) is 0 Å². The van der Waals surface area contributed by atoms with E-state index in [0.717, 1.165) is 37.0 Å². The number of carbonyl (C=O) groups is 1. The molecule has 5 heteroatoms. The van der Waals surface area contributed by atoms with Gasteiger partial charge in [-0.3, -0.25) is 9.78 Å². The Morgan fingerprint density at radius 2 is 1.55 bits per heavy atom. The van der Waals surface area contributed by atoms with Crippen molar-refractivity contribution in [3.05, 3.63) is 88.7 Å². The normalized spacial score (nSPS) is 23.0. The van der Waals surface area contributed by atoms with E-state index in [1.807, 2.05) is 12.4 Å². The average molecular weight is 659 g/mol. The molecular formula is C44H58N4O. The summed E-state index contributed by atoms with van der Waals surface area (Å²) in [5.74, 6) is 2.07. The Bertz CT molecular complexity index is 1710. The summed E-state index contributed by atoms with van der Waals surface area (Å²) in [5.41, 5.74) is 9.43. The topological polar surface area (TPSA) is 61.0 Å². The fraction of sp³-hybridized carbons (Fsp3) is 0.545. The van der Waals surface area contributed by atoms with Crippen molar-refractivity contribution >= 4 is 16.8 Å². The molecule has 3 fully saturated rings. The first-order valence-corrected chi connectivity index (χ1v) is 19.4. The predicted octanol–water partition coefficient (Wildman–Crippen LogP) is 9.80. The molecule has 0 bridgehead atoms. The lowest BCUT2D eigenvalue weighted by molar-refractivity contribution is -0.140. The zero-order valence-electron chi connectivity index (χ0n) is 30.7. The Labute approximate surface area is 294 Å². The molecule has 4 aromatic rings. The monoisotopic (exact) mass is 658 g/mol. The highest BCUT2D eigenvalue weighted by molar-refractivity contribution is 5.95. The summed E-state index contributed by atoms with van der Waals surface area (Å²) in [7, 11) is 0. The van der Waals surface area contributed by atoms with Crippen LogP contribution in [0.25, 0.3) is 22.2 Å². The van der Waals surface area contributed by atoms with Gasteiger partial charge in [0, 0.05) is 41.9 Å². The average Bonchev–Trinajstić information content (AvgIpc) is 3.65. The molecule has 3 aliphatic rings. The Balaban J connectivity index is 1.16. The van der Waals surface area contributed by atoms with E-state index in [2.05, 4.69) is 103 Å². The molecule has 3 heterocycles. The molecular weight excluding hydrogens is 601 g/mol. The van der Waals surface area contributed by atoms with E-state index in [0.29, 0.717) is 35.7 Å². The van der Waals surface area contributed by atoms with Gasteiger partial charge in [0.1, 0.15) is 0 Å². The van der Waals surface area contributed by atoms with E-state index in [4.69, 9.17) is 0 Å². The molecule has 49 heavy (non-hydrogen) atoms. The highest BCUT2D eigenvalue weighted by atomic mass is 16.2. The third kappa shape index (κ3) is 6.85. The van der Waals surface area contributed by atoms with E-state index in [1.165, 1.54) is 96.7 Å². The zero-order valence-corrected chi connectivity index (χ0v) is 30.7. The summed E-state index contributed by atoms with van der Waals surface area (Å²) >= 11 is 0. The summed E-state index contributed by atoms with van der Waals surface area (Å²) in [6.07, 6.45) is 17.4. The number of rotatable bonds is 11. The van der Waals surface area contributed by atoms with E-state index in [9.17, 15) is 4.79 Å². The first-order valence-electron chi connectivity index (χ1n) is 19.4. The molecule has 2 aromatic heterocycles. The van der Waals surface area contributed by atoms with Crippen LogP contribution in [-0.2, 0) is 16.6 Å². The van der Waals surface area contributed by atoms with Crippen LogP contribution in [0.3, 0.4) is 0 Å². The number of likely N-dealkylation sites (tertiary alicyclic amines) is 1. The Morgan fingerprint density at radius 3 is 2.22 bits per heavy atom. The van der Waals surface area contributed by atoms with Crippen LogP contribution in [0.4, 0.5) is 0 Å². The zero-order chi connectivity index (χ0) is 34.1. The quantitative estimate of drug-likeness (QED) is 0.158. The Morgan fingerprint density at radius 1 is 0.898 bits per heavy atom. The first kappa shape index (κ1) is 34.0. The van der Waals surface area contributed by atoms with Gasteiger partial charge in [-0.2, -0.15) is 0 Å². The SMILES string of the molecule is Cc1cc(C)cc(-c2[nH]c3ccc(C(C)(C)C(=O)N4C5CCCCC5C5CCCCC54)cc3c2[C@H](C)CNCCCCc2ccncc2)c1. The van der Waals surface area contributed by atoms with Crippen LogP contribution in [0.2, 0.25) is 0 Å². The summed E-state index contributed by atoms with van der Waals surface area (Å²) in [6, 6.07) is 18.8. The minimum Gasteiger partial charge on any atom is -0.354 e. The van der Waals surface area contributed by atoms with Gasteiger partial charge in [-0.15, -0.1) is 0 Å². The van der Waals surface area contributed by atoms with Crippen LogP contribution in [0.15, 0.2) is 60.9 Å². The molecule has 2 aromatic carbocycles. The first-order chi connectivity index (χ1) is 23.7. The predicted molar refractivity (Wildman–Crippen MR) is 203 cm³/mol. The van der Waals surface area contributed by atoms with Crippen molar-refractivity contribution in [1.29, 1.82) is 0 Å². The van der Waals surface area contributed by atoms with Crippen molar-refractivity contribution in [2.45, 2.75) is 129 Å². The number of carbonyl (C=O) groups excluding carboxylic acids is 1. The summed E-state index contributed by atoms with van der Waals surface area (Å²) in [5, 5.41) is 5.05. The van der Waals surface area contributed by atoms with Gasteiger partial charge in [-0.25, -0.2) is 0 Å². The summed E-state index contributed by atoms with van der Waals surface area (Å²) in [6.45, 7) is 13.0. The van der Waals surface area contributed by atoms with Gasteiger partial charge in [0.05, 0.1) is 11.1 Å². The van der Waals surface area contributed by atoms with Gasteiger partial charge in [0.15, 0.2) is 0 Å². The van der Waals surface area contributed by atoms with Crippen molar-refractivity contribution in [3.63, 3.8) is 0 Å². The molecule has 5 atom stereocenters. The fourth-order valence-corrected chi connectivity index (χ4v) is 9.97. The molecule has 2 aliphatic carbocycles. The number of fused-ring (bicyclic) bond motifs is 4. The van der Waals surface area contributed by atoms with Crippen LogP contribution in [0, 0.1) is 25.7 Å². The smallest absolute Gasteiger partial charge is 0.233 e. The maximum absolute atomic E-state index is 14.9. The molecule has 0 radical (unpaired) electrons. The van der Waals surface area contributed by atoms with Crippen LogP contribution in [-0.4, -0.2) is 45.9 Å². The Kier molecular flexibility index (Phi) is 10.0. The van der Waals surface area contributed by atoms with Crippen LogP contribution < -0.4 is 5.32 Å². The number of amides is 1. The number of aryl methyl sites for hydroxylation is 3. The number of aromatic nitrogens is 2. The number of hydrogen-bond acceptors (Lipinski definition) is 3. The number of pyridine rings is 1. The van der Waals surface area contributed by atoms with Gasteiger partial charge >= 0.3 is 0 Å². The molecule has 2 N–H and O–H groups in total. The van der Waals surface area contributed by atoms with Crippen LogP contribution >= 0.6 is 0 Å². The molecule has 7 rings (SSSR count). The van der Waals surface area contributed by atoms with E-state index >= 15 is 0 Å². The molecule has 1 aliphatic heterocycles. The number of nitrogens with one attached hydrogen (secondary N) is 2. The lowest BCUT2D eigenvalue weighted by Crippen LogP contribution is -2.51. The third-order valence-corrected chi connectivity index (χ3v) is 12.4. The van der Waals surface area contributed by atoms with Crippen molar-refractivity contribution in [1.82, 2.24) is 20.2 Å². The lowest BCUT2D eigenvalue weighted by Gasteiger charge is -2.40. The second-order valence-corrected chi connectivity index (χ2v) is 16.3. The second kappa shape index (κ2) is 14.4. The third-order valence-electron chi connectivity index (χ3n) is 12.4. The molecule has 5 nitrogen and oxygen atoms in total. The number of unbranched alkanes of at least 4 members (excludes halogenated alkanes) is 1. The van der Waals surface area contributed by atoms with Crippen molar-refractivity contribution in [3.8, 4) is 11.3 Å². The largest absolute Gasteiger partial charge is 0.354 e. The minimum absolute atomic E-state index is 0.295. The minimum atomic E-state index is -0.590. The van der Waals surface area contributed by atoms with Crippen LogP contribution in [0.1, 0.15) is 119 Å². The molecule has 1 saturated heterocycles. The number of aromatic amines is 1.